The average Bonchev–Trinajstić information content (AvgIpc) is 2.31. The molecular formula is C7H11NO2S. The standard InChI is InChI=1S/C7H11NO2S/c1-6(2)10-5-8-3-4-11-7(8)9/h3-4,6H,5H2,1-2H3. The van der Waals surface area contributed by atoms with Crippen LogP contribution in [0.15, 0.2) is 16.4 Å². The molecule has 0 unspecified atom stereocenters. The Morgan fingerprint density at radius 3 is 2.91 bits per heavy atom. The molecular weight excluding hydrogens is 162 g/mol. The molecule has 0 aliphatic carbocycles. The summed E-state index contributed by atoms with van der Waals surface area (Å²) in [4.78, 5) is 11.0. The second kappa shape index (κ2) is 3.69. The van der Waals surface area contributed by atoms with Gasteiger partial charge in [0.15, 0.2) is 0 Å². The molecule has 0 saturated carbocycles. The van der Waals surface area contributed by atoms with Crippen LogP contribution in [0.2, 0.25) is 0 Å². The molecule has 11 heavy (non-hydrogen) atoms. The summed E-state index contributed by atoms with van der Waals surface area (Å²) < 4.78 is 6.78. The van der Waals surface area contributed by atoms with Gasteiger partial charge >= 0.3 is 4.87 Å². The Morgan fingerprint density at radius 1 is 1.73 bits per heavy atom. The topological polar surface area (TPSA) is 31.2 Å². The molecule has 1 aromatic rings. The molecule has 0 spiro atoms. The Labute approximate surface area is 69.2 Å². The predicted octanol–water partition coefficient (Wildman–Crippen LogP) is 1.29. The molecule has 1 aromatic heterocycles. The van der Waals surface area contributed by atoms with Gasteiger partial charge in [-0.1, -0.05) is 11.3 Å². The van der Waals surface area contributed by atoms with E-state index in [1.165, 1.54) is 11.3 Å². The molecule has 0 aliphatic rings. The summed E-state index contributed by atoms with van der Waals surface area (Å²) in [6.45, 7) is 4.24. The second-order valence-corrected chi connectivity index (χ2v) is 3.34. The molecule has 1 rings (SSSR count). The first-order valence-electron chi connectivity index (χ1n) is 3.45. The molecule has 4 heteroatoms. The molecule has 0 saturated heterocycles. The molecule has 1 heterocycles. The molecule has 62 valence electrons. The van der Waals surface area contributed by atoms with E-state index < -0.39 is 0 Å². The molecule has 0 fully saturated rings. The summed E-state index contributed by atoms with van der Waals surface area (Å²) in [5.41, 5.74) is 0. The van der Waals surface area contributed by atoms with E-state index in [1.54, 1.807) is 16.1 Å². The third-order valence-electron chi connectivity index (χ3n) is 1.19. The third kappa shape index (κ3) is 2.48. The molecule has 0 radical (unpaired) electrons. The van der Waals surface area contributed by atoms with Crippen LogP contribution >= 0.6 is 11.3 Å². The Hall–Kier alpha value is -0.610. The van der Waals surface area contributed by atoms with E-state index in [0.717, 1.165) is 0 Å². The van der Waals surface area contributed by atoms with Gasteiger partial charge in [-0.3, -0.25) is 9.36 Å². The van der Waals surface area contributed by atoms with Gasteiger partial charge in [0, 0.05) is 11.6 Å². The van der Waals surface area contributed by atoms with Gasteiger partial charge in [0.1, 0.15) is 6.73 Å². The first-order chi connectivity index (χ1) is 5.20. The van der Waals surface area contributed by atoms with Crippen molar-refractivity contribution in [3.8, 4) is 0 Å². The van der Waals surface area contributed by atoms with Crippen LogP contribution in [0.25, 0.3) is 0 Å². The molecule has 0 atom stereocenters. The van der Waals surface area contributed by atoms with Crippen LogP contribution in [0.1, 0.15) is 13.8 Å². The Kier molecular flexibility index (Phi) is 2.84. The lowest BCUT2D eigenvalue weighted by atomic mass is 10.5. The van der Waals surface area contributed by atoms with Crippen molar-refractivity contribution in [1.82, 2.24) is 4.57 Å². The maximum absolute atomic E-state index is 10.9. The third-order valence-corrected chi connectivity index (χ3v) is 1.89. The number of rotatable bonds is 3. The van der Waals surface area contributed by atoms with Gasteiger partial charge in [-0.05, 0) is 13.8 Å². The van der Waals surface area contributed by atoms with E-state index in [-0.39, 0.29) is 11.0 Å². The van der Waals surface area contributed by atoms with Crippen molar-refractivity contribution < 1.29 is 4.74 Å². The summed E-state index contributed by atoms with van der Waals surface area (Å²) in [7, 11) is 0. The highest BCUT2D eigenvalue weighted by molar-refractivity contribution is 7.07. The van der Waals surface area contributed by atoms with Crippen LogP contribution in [0.3, 0.4) is 0 Å². The van der Waals surface area contributed by atoms with Gasteiger partial charge in [-0.25, -0.2) is 0 Å². The van der Waals surface area contributed by atoms with Crippen LogP contribution in [0.4, 0.5) is 0 Å². The van der Waals surface area contributed by atoms with Crippen molar-refractivity contribution >= 4 is 11.3 Å². The van der Waals surface area contributed by atoms with Gasteiger partial charge in [-0.15, -0.1) is 0 Å². The molecule has 0 N–H and O–H groups in total. The fourth-order valence-corrected chi connectivity index (χ4v) is 1.19. The monoisotopic (exact) mass is 173 g/mol. The highest BCUT2D eigenvalue weighted by Gasteiger charge is 1.96. The first-order valence-corrected chi connectivity index (χ1v) is 4.33. The quantitative estimate of drug-likeness (QED) is 0.689. The van der Waals surface area contributed by atoms with Gasteiger partial charge in [-0.2, -0.15) is 0 Å². The lowest BCUT2D eigenvalue weighted by Crippen LogP contribution is -2.16. The van der Waals surface area contributed by atoms with Crippen LogP contribution in [0, 0.1) is 0 Å². The zero-order chi connectivity index (χ0) is 8.27. The lowest BCUT2D eigenvalue weighted by molar-refractivity contribution is 0.0277. The van der Waals surface area contributed by atoms with E-state index in [4.69, 9.17) is 4.74 Å². The predicted molar refractivity (Wildman–Crippen MR) is 44.8 cm³/mol. The second-order valence-electron chi connectivity index (χ2n) is 2.48. The van der Waals surface area contributed by atoms with Crippen molar-refractivity contribution in [2.75, 3.05) is 0 Å². The van der Waals surface area contributed by atoms with Crippen molar-refractivity contribution in [1.29, 1.82) is 0 Å². The summed E-state index contributed by atoms with van der Waals surface area (Å²) in [5.74, 6) is 0. The van der Waals surface area contributed by atoms with E-state index in [0.29, 0.717) is 6.73 Å². The highest BCUT2D eigenvalue weighted by atomic mass is 32.1. The minimum absolute atomic E-state index is 0.0330. The summed E-state index contributed by atoms with van der Waals surface area (Å²) >= 11 is 1.18. The van der Waals surface area contributed by atoms with Crippen LogP contribution in [0.5, 0.6) is 0 Å². The number of thiazole rings is 1. The number of aromatic nitrogens is 1. The molecule has 3 nitrogen and oxygen atoms in total. The SMILES string of the molecule is CC(C)OCn1ccsc1=O. The number of hydrogen-bond acceptors (Lipinski definition) is 3. The normalized spacial score (nSPS) is 10.8. The Balaban J connectivity index is 2.51. The van der Waals surface area contributed by atoms with E-state index in [9.17, 15) is 4.79 Å². The fraction of sp³-hybridized carbons (Fsp3) is 0.571. The number of nitrogens with zero attached hydrogens (tertiary/aromatic N) is 1. The van der Waals surface area contributed by atoms with Gasteiger partial charge in [0.25, 0.3) is 0 Å². The maximum atomic E-state index is 10.9. The summed E-state index contributed by atoms with van der Waals surface area (Å²) in [6, 6.07) is 0. The first kappa shape index (κ1) is 8.49. The fourth-order valence-electron chi connectivity index (χ4n) is 0.616. The minimum Gasteiger partial charge on any atom is -0.358 e. The van der Waals surface area contributed by atoms with Gasteiger partial charge < -0.3 is 4.74 Å². The van der Waals surface area contributed by atoms with Crippen LogP contribution < -0.4 is 4.87 Å². The molecule has 0 aromatic carbocycles. The average molecular weight is 173 g/mol. The largest absolute Gasteiger partial charge is 0.358 e. The number of hydrogen-bond donors (Lipinski definition) is 0. The maximum Gasteiger partial charge on any atom is 0.308 e. The van der Waals surface area contributed by atoms with Gasteiger partial charge in [0.05, 0.1) is 6.10 Å². The minimum atomic E-state index is 0.0330. The Morgan fingerprint density at radius 2 is 2.45 bits per heavy atom. The Bertz CT molecular complexity index is 263. The van der Waals surface area contributed by atoms with Crippen molar-refractivity contribution in [3.63, 3.8) is 0 Å². The zero-order valence-corrected chi connectivity index (χ0v) is 7.43. The summed E-state index contributed by atoms with van der Waals surface area (Å²) in [6.07, 6.45) is 1.90. The molecule has 0 amide bonds. The molecule has 0 aliphatic heterocycles. The van der Waals surface area contributed by atoms with E-state index in [2.05, 4.69) is 0 Å². The lowest BCUT2D eigenvalue weighted by Gasteiger charge is -2.06. The van der Waals surface area contributed by atoms with Crippen LogP contribution in [-0.2, 0) is 11.5 Å². The van der Waals surface area contributed by atoms with Gasteiger partial charge in [0.2, 0.25) is 0 Å². The van der Waals surface area contributed by atoms with E-state index >= 15 is 0 Å². The van der Waals surface area contributed by atoms with Crippen molar-refractivity contribution in [3.05, 3.63) is 21.2 Å². The highest BCUT2D eigenvalue weighted by Crippen LogP contribution is 1.93. The number of ether oxygens (including phenoxy) is 1. The smallest absolute Gasteiger partial charge is 0.308 e. The van der Waals surface area contributed by atoms with Crippen LogP contribution in [-0.4, -0.2) is 10.7 Å². The zero-order valence-electron chi connectivity index (χ0n) is 6.61. The molecule has 0 bridgehead atoms. The van der Waals surface area contributed by atoms with Crippen molar-refractivity contribution in [2.24, 2.45) is 0 Å². The van der Waals surface area contributed by atoms with Crippen molar-refractivity contribution in [2.45, 2.75) is 26.7 Å². The van der Waals surface area contributed by atoms with E-state index in [1.807, 2.05) is 13.8 Å². The summed E-state index contributed by atoms with van der Waals surface area (Å²) in [5, 5.41) is 1.76.